The van der Waals surface area contributed by atoms with Gasteiger partial charge < -0.3 is 19.5 Å². The van der Waals surface area contributed by atoms with Crippen LogP contribution in [-0.4, -0.2) is 47.5 Å². The lowest BCUT2D eigenvalue weighted by Gasteiger charge is -2.26. The molecular formula is C20H25N3O5. The van der Waals surface area contributed by atoms with E-state index in [0.29, 0.717) is 24.5 Å². The van der Waals surface area contributed by atoms with E-state index in [1.807, 2.05) is 45.2 Å². The lowest BCUT2D eigenvalue weighted by molar-refractivity contribution is -0.148. The quantitative estimate of drug-likeness (QED) is 0.724. The number of hydrogen-bond acceptors (Lipinski definition) is 6. The van der Waals surface area contributed by atoms with Crippen LogP contribution in [0.2, 0.25) is 0 Å². The van der Waals surface area contributed by atoms with Gasteiger partial charge in [0, 0.05) is 19.2 Å². The van der Waals surface area contributed by atoms with Crippen molar-refractivity contribution in [3.05, 3.63) is 41.2 Å². The van der Waals surface area contributed by atoms with E-state index in [2.05, 4.69) is 10.4 Å². The van der Waals surface area contributed by atoms with Gasteiger partial charge in [-0.3, -0.25) is 14.3 Å². The molecule has 1 atom stereocenters. The van der Waals surface area contributed by atoms with Crippen LogP contribution < -0.4 is 14.8 Å². The van der Waals surface area contributed by atoms with Crippen LogP contribution >= 0.6 is 0 Å². The maximum atomic E-state index is 11.9. The van der Waals surface area contributed by atoms with E-state index in [1.165, 1.54) is 0 Å². The third kappa shape index (κ3) is 4.82. The highest BCUT2D eigenvalue weighted by atomic mass is 16.6. The molecule has 1 amide bonds. The zero-order valence-corrected chi connectivity index (χ0v) is 16.4. The van der Waals surface area contributed by atoms with Gasteiger partial charge in [-0.1, -0.05) is 12.1 Å². The minimum Gasteiger partial charge on any atom is -0.486 e. The molecule has 0 aliphatic carbocycles. The van der Waals surface area contributed by atoms with E-state index >= 15 is 0 Å². The molecule has 0 saturated heterocycles. The van der Waals surface area contributed by atoms with Crippen molar-refractivity contribution in [2.24, 2.45) is 7.05 Å². The van der Waals surface area contributed by atoms with Crippen molar-refractivity contribution in [1.29, 1.82) is 0 Å². The van der Waals surface area contributed by atoms with Crippen LogP contribution in [0.5, 0.6) is 11.5 Å². The van der Waals surface area contributed by atoms with E-state index in [1.54, 1.807) is 4.68 Å². The van der Waals surface area contributed by atoms with Crippen LogP contribution in [0.25, 0.3) is 0 Å². The van der Waals surface area contributed by atoms with Gasteiger partial charge in [-0.2, -0.15) is 5.10 Å². The number of nitrogens with zero attached hydrogens (tertiary/aromatic N) is 2. The standard InChI is InChI=1S/C20H25N3O5/c1-13-16(14(2)23(3)22-13)8-9-20(25)27-12-19(24)21-10-15-11-26-17-6-4-5-7-18(17)28-15/h4-7,15H,8-12H2,1-3H3,(H,21,24). The molecule has 1 aliphatic rings. The van der Waals surface area contributed by atoms with E-state index in [4.69, 9.17) is 14.2 Å². The highest BCUT2D eigenvalue weighted by Crippen LogP contribution is 2.30. The Morgan fingerprint density at radius 1 is 1.29 bits per heavy atom. The van der Waals surface area contributed by atoms with Gasteiger partial charge in [0.25, 0.3) is 5.91 Å². The molecule has 0 spiro atoms. The summed E-state index contributed by atoms with van der Waals surface area (Å²) >= 11 is 0. The van der Waals surface area contributed by atoms with Crippen molar-refractivity contribution >= 4 is 11.9 Å². The zero-order valence-electron chi connectivity index (χ0n) is 16.4. The largest absolute Gasteiger partial charge is 0.486 e. The third-order valence-electron chi connectivity index (χ3n) is 4.70. The van der Waals surface area contributed by atoms with Gasteiger partial charge in [0.1, 0.15) is 12.7 Å². The van der Waals surface area contributed by atoms with Crippen molar-refractivity contribution < 1.29 is 23.8 Å². The maximum absolute atomic E-state index is 11.9. The summed E-state index contributed by atoms with van der Waals surface area (Å²) in [5, 5.41) is 7.02. The van der Waals surface area contributed by atoms with Crippen molar-refractivity contribution in [2.75, 3.05) is 19.8 Å². The van der Waals surface area contributed by atoms with Crippen LogP contribution in [0.1, 0.15) is 23.4 Å². The molecule has 28 heavy (non-hydrogen) atoms. The van der Waals surface area contributed by atoms with E-state index < -0.39 is 5.97 Å². The minimum absolute atomic E-state index is 0.205. The number of carbonyl (C=O) groups excluding carboxylic acids is 2. The van der Waals surface area contributed by atoms with Gasteiger partial charge in [0.05, 0.1) is 12.2 Å². The minimum atomic E-state index is -0.413. The first-order valence-corrected chi connectivity index (χ1v) is 9.24. The second kappa shape index (κ2) is 8.77. The van der Waals surface area contributed by atoms with Crippen LogP contribution in [0.3, 0.4) is 0 Å². The van der Waals surface area contributed by atoms with Crippen molar-refractivity contribution in [1.82, 2.24) is 15.1 Å². The fourth-order valence-electron chi connectivity index (χ4n) is 3.07. The first kappa shape index (κ1) is 19.7. The molecule has 1 N–H and O–H groups in total. The fourth-order valence-corrected chi connectivity index (χ4v) is 3.07. The van der Waals surface area contributed by atoms with E-state index in [0.717, 1.165) is 17.0 Å². The summed E-state index contributed by atoms with van der Waals surface area (Å²) in [7, 11) is 1.87. The number of nitrogens with one attached hydrogen (secondary N) is 1. The fraction of sp³-hybridized carbons (Fsp3) is 0.450. The highest BCUT2D eigenvalue weighted by molar-refractivity contribution is 5.80. The Balaban J connectivity index is 1.36. The Morgan fingerprint density at radius 3 is 2.75 bits per heavy atom. The number of fused-ring (bicyclic) bond motifs is 1. The monoisotopic (exact) mass is 387 g/mol. The van der Waals surface area contributed by atoms with Gasteiger partial charge in [0.15, 0.2) is 18.1 Å². The van der Waals surface area contributed by atoms with E-state index in [9.17, 15) is 9.59 Å². The molecule has 150 valence electrons. The first-order valence-electron chi connectivity index (χ1n) is 9.24. The summed E-state index contributed by atoms with van der Waals surface area (Å²) in [6.07, 6.45) is 0.460. The summed E-state index contributed by atoms with van der Waals surface area (Å²) in [5.41, 5.74) is 2.97. The van der Waals surface area contributed by atoms with Crippen LogP contribution in [0.15, 0.2) is 24.3 Å². The number of esters is 1. The van der Waals surface area contributed by atoms with Crippen molar-refractivity contribution in [3.8, 4) is 11.5 Å². The number of para-hydroxylation sites is 2. The summed E-state index contributed by atoms with van der Waals surface area (Å²) in [4.78, 5) is 23.8. The number of benzene rings is 1. The molecule has 0 radical (unpaired) electrons. The van der Waals surface area contributed by atoms with Crippen molar-refractivity contribution in [3.63, 3.8) is 0 Å². The topological polar surface area (TPSA) is 91.7 Å². The molecule has 0 bridgehead atoms. The molecule has 1 unspecified atom stereocenters. The smallest absolute Gasteiger partial charge is 0.306 e. The second-order valence-electron chi connectivity index (χ2n) is 6.74. The molecule has 1 aromatic heterocycles. The number of amides is 1. The Labute approximate surface area is 163 Å². The van der Waals surface area contributed by atoms with Gasteiger partial charge in [-0.05, 0) is 38.0 Å². The summed E-state index contributed by atoms with van der Waals surface area (Å²) in [5.74, 6) is 0.562. The first-order chi connectivity index (χ1) is 13.4. The molecule has 2 aromatic rings. The third-order valence-corrected chi connectivity index (χ3v) is 4.70. The molecular weight excluding hydrogens is 362 g/mol. The Morgan fingerprint density at radius 2 is 2.04 bits per heavy atom. The predicted octanol–water partition coefficient (Wildman–Crippen LogP) is 1.47. The van der Waals surface area contributed by atoms with Crippen LogP contribution in [0, 0.1) is 13.8 Å². The number of hydrogen-bond donors (Lipinski definition) is 1. The molecule has 8 heteroatoms. The Hall–Kier alpha value is -3.03. The molecule has 8 nitrogen and oxygen atoms in total. The van der Waals surface area contributed by atoms with Crippen LogP contribution in [0.4, 0.5) is 0 Å². The van der Waals surface area contributed by atoms with Gasteiger partial charge >= 0.3 is 5.97 Å². The summed E-state index contributed by atoms with van der Waals surface area (Å²) in [6, 6.07) is 7.38. The van der Waals surface area contributed by atoms with Gasteiger partial charge in [0.2, 0.25) is 0 Å². The molecule has 0 saturated carbocycles. The zero-order chi connectivity index (χ0) is 20.1. The lowest BCUT2D eigenvalue weighted by atomic mass is 10.1. The molecule has 1 aliphatic heterocycles. The number of aromatic nitrogens is 2. The van der Waals surface area contributed by atoms with Crippen molar-refractivity contribution in [2.45, 2.75) is 32.8 Å². The number of ether oxygens (including phenoxy) is 3. The normalized spacial score (nSPS) is 15.2. The molecule has 0 fully saturated rings. The number of rotatable bonds is 7. The summed E-state index contributed by atoms with van der Waals surface area (Å²) in [6.45, 7) is 4.19. The van der Waals surface area contributed by atoms with Crippen LogP contribution in [-0.2, 0) is 27.8 Å². The lowest BCUT2D eigenvalue weighted by Crippen LogP contribution is -2.42. The second-order valence-corrected chi connectivity index (χ2v) is 6.74. The molecule has 3 rings (SSSR count). The molecule has 1 aromatic carbocycles. The Kier molecular flexibility index (Phi) is 6.18. The average Bonchev–Trinajstić information content (AvgIpc) is 2.94. The number of aryl methyl sites for hydroxylation is 2. The summed E-state index contributed by atoms with van der Waals surface area (Å²) < 4.78 is 18.2. The predicted molar refractivity (Wildman–Crippen MR) is 101 cm³/mol. The SMILES string of the molecule is Cc1nn(C)c(C)c1CCC(=O)OCC(=O)NCC1COc2ccccc2O1. The Bertz CT molecular complexity index is 862. The van der Waals surface area contributed by atoms with Gasteiger partial charge in [-0.15, -0.1) is 0 Å². The number of carbonyl (C=O) groups is 2. The van der Waals surface area contributed by atoms with E-state index in [-0.39, 0.29) is 31.6 Å². The highest BCUT2D eigenvalue weighted by Gasteiger charge is 2.21. The maximum Gasteiger partial charge on any atom is 0.306 e. The molecule has 2 heterocycles. The van der Waals surface area contributed by atoms with Gasteiger partial charge in [-0.25, -0.2) is 0 Å². The average molecular weight is 387 g/mol.